The summed E-state index contributed by atoms with van der Waals surface area (Å²) in [6.07, 6.45) is 8.20. The van der Waals surface area contributed by atoms with Gasteiger partial charge in [-0.2, -0.15) is 0 Å². The second-order valence-corrected chi connectivity index (χ2v) is 14.0. The normalized spacial score (nSPS) is 20.8. The number of benzene rings is 2. The van der Waals surface area contributed by atoms with Gasteiger partial charge in [-0.05, 0) is 67.0 Å². The van der Waals surface area contributed by atoms with E-state index in [1.165, 1.54) is 19.3 Å². The topological polar surface area (TPSA) is 122 Å². The molecule has 2 aliphatic rings. The van der Waals surface area contributed by atoms with Gasteiger partial charge in [0.15, 0.2) is 0 Å². The number of rotatable bonds is 13. The summed E-state index contributed by atoms with van der Waals surface area (Å²) in [5.41, 5.74) is 3.92. The minimum atomic E-state index is -3.39. The van der Waals surface area contributed by atoms with E-state index in [2.05, 4.69) is 10.2 Å². The van der Waals surface area contributed by atoms with Gasteiger partial charge in [-0.25, -0.2) is 13.2 Å². The van der Waals surface area contributed by atoms with Crippen molar-refractivity contribution >= 4 is 21.7 Å². The zero-order valence-electron chi connectivity index (χ0n) is 24.9. The molecule has 1 saturated carbocycles. The van der Waals surface area contributed by atoms with Crippen molar-refractivity contribution in [2.75, 3.05) is 32.3 Å². The summed E-state index contributed by atoms with van der Waals surface area (Å²) in [6, 6.07) is 12.3. The summed E-state index contributed by atoms with van der Waals surface area (Å²) in [5.74, 6) is -2.16. The SMILES string of the molecule is CO[C@H]1C[C@@H](COC2CCCCC2)N(Cc2ccc(C(=O)NC(CCS(C)(=O)=O)C(=O)O)c(-c3ccccc3C)c2)C1. The number of ether oxygens (including phenoxy) is 2. The highest BCUT2D eigenvalue weighted by Crippen LogP contribution is 2.31. The number of nitrogens with one attached hydrogen (secondary N) is 1. The Kier molecular flexibility index (Phi) is 11.2. The maximum atomic E-state index is 13.4. The van der Waals surface area contributed by atoms with Crippen molar-refractivity contribution in [3.05, 3.63) is 59.2 Å². The van der Waals surface area contributed by atoms with Crippen molar-refractivity contribution in [3.63, 3.8) is 0 Å². The first kappa shape index (κ1) is 32.1. The van der Waals surface area contributed by atoms with E-state index in [1.54, 1.807) is 13.2 Å². The average molecular weight is 601 g/mol. The molecule has 2 aromatic carbocycles. The molecule has 9 nitrogen and oxygen atoms in total. The van der Waals surface area contributed by atoms with Gasteiger partial charge >= 0.3 is 5.97 Å². The van der Waals surface area contributed by atoms with Crippen molar-refractivity contribution in [1.29, 1.82) is 0 Å². The summed E-state index contributed by atoms with van der Waals surface area (Å²) in [4.78, 5) is 27.7. The van der Waals surface area contributed by atoms with Crippen LogP contribution in [0.3, 0.4) is 0 Å². The maximum Gasteiger partial charge on any atom is 0.326 e. The predicted octanol–water partition coefficient (Wildman–Crippen LogP) is 4.22. The van der Waals surface area contributed by atoms with Crippen LogP contribution in [0.25, 0.3) is 11.1 Å². The number of methoxy groups -OCH3 is 1. The van der Waals surface area contributed by atoms with Crippen LogP contribution in [-0.4, -0.2) is 86.9 Å². The third kappa shape index (κ3) is 8.86. The molecule has 1 unspecified atom stereocenters. The summed E-state index contributed by atoms with van der Waals surface area (Å²) < 4.78 is 35.3. The van der Waals surface area contributed by atoms with E-state index in [0.29, 0.717) is 30.4 Å². The van der Waals surface area contributed by atoms with Crippen LogP contribution in [0.5, 0.6) is 0 Å². The van der Waals surface area contributed by atoms with Crippen molar-refractivity contribution in [1.82, 2.24) is 10.2 Å². The predicted molar refractivity (Wildman–Crippen MR) is 162 cm³/mol. The number of hydrogen-bond acceptors (Lipinski definition) is 7. The number of carbonyl (C=O) groups excluding carboxylic acids is 1. The molecule has 3 atom stereocenters. The maximum absolute atomic E-state index is 13.4. The molecular weight excluding hydrogens is 556 g/mol. The van der Waals surface area contributed by atoms with E-state index < -0.39 is 27.8 Å². The Morgan fingerprint density at radius 1 is 1.07 bits per heavy atom. The highest BCUT2D eigenvalue weighted by molar-refractivity contribution is 7.90. The van der Waals surface area contributed by atoms with Crippen molar-refractivity contribution in [3.8, 4) is 11.1 Å². The Morgan fingerprint density at radius 3 is 2.48 bits per heavy atom. The number of aryl methyl sites for hydroxylation is 1. The molecule has 0 radical (unpaired) electrons. The van der Waals surface area contributed by atoms with E-state index in [4.69, 9.17) is 9.47 Å². The first-order valence-corrected chi connectivity index (χ1v) is 16.9. The fourth-order valence-electron chi connectivity index (χ4n) is 6.00. The number of carboxylic acids is 1. The van der Waals surface area contributed by atoms with E-state index >= 15 is 0 Å². The smallest absolute Gasteiger partial charge is 0.326 e. The van der Waals surface area contributed by atoms with E-state index in [-0.39, 0.29) is 24.3 Å². The third-order valence-corrected chi connectivity index (χ3v) is 9.41. The molecule has 1 aliphatic carbocycles. The Balaban J connectivity index is 1.57. The minimum Gasteiger partial charge on any atom is -0.480 e. The van der Waals surface area contributed by atoms with E-state index in [9.17, 15) is 23.1 Å². The monoisotopic (exact) mass is 600 g/mol. The quantitative estimate of drug-likeness (QED) is 0.351. The highest BCUT2D eigenvalue weighted by atomic mass is 32.2. The van der Waals surface area contributed by atoms with Gasteiger partial charge < -0.3 is 19.9 Å². The van der Waals surface area contributed by atoms with Crippen LogP contribution in [-0.2, 0) is 30.7 Å². The molecule has 2 fully saturated rings. The van der Waals surface area contributed by atoms with E-state index in [0.717, 1.165) is 48.8 Å². The lowest BCUT2D eigenvalue weighted by Crippen LogP contribution is -2.42. The van der Waals surface area contributed by atoms with Gasteiger partial charge in [0.05, 0.1) is 24.6 Å². The summed E-state index contributed by atoms with van der Waals surface area (Å²) in [7, 11) is -1.64. The summed E-state index contributed by atoms with van der Waals surface area (Å²) >= 11 is 0. The number of nitrogens with zero attached hydrogens (tertiary/aromatic N) is 1. The molecule has 1 amide bonds. The fraction of sp³-hybridized carbons (Fsp3) is 0.562. The number of carbonyl (C=O) groups is 2. The van der Waals surface area contributed by atoms with Crippen LogP contribution in [0.15, 0.2) is 42.5 Å². The molecule has 4 rings (SSSR count). The Bertz CT molecular complexity index is 1340. The molecule has 0 bridgehead atoms. The summed E-state index contributed by atoms with van der Waals surface area (Å²) in [5, 5.41) is 12.2. The Morgan fingerprint density at radius 2 is 1.81 bits per heavy atom. The number of aliphatic carboxylic acids is 1. The molecule has 2 N–H and O–H groups in total. The van der Waals surface area contributed by atoms with Crippen LogP contribution in [0.4, 0.5) is 0 Å². The molecule has 230 valence electrons. The van der Waals surface area contributed by atoms with Crippen LogP contribution in [0, 0.1) is 6.92 Å². The van der Waals surface area contributed by atoms with Gasteiger partial charge in [0.2, 0.25) is 0 Å². The second kappa shape index (κ2) is 14.6. The number of hydrogen-bond donors (Lipinski definition) is 2. The van der Waals surface area contributed by atoms with Gasteiger partial charge in [-0.1, -0.05) is 49.6 Å². The van der Waals surface area contributed by atoms with Crippen molar-refractivity contribution in [2.24, 2.45) is 0 Å². The molecule has 1 heterocycles. The molecule has 10 heteroatoms. The summed E-state index contributed by atoms with van der Waals surface area (Å²) in [6.45, 7) is 4.08. The molecule has 1 saturated heterocycles. The molecule has 42 heavy (non-hydrogen) atoms. The molecule has 0 spiro atoms. The molecule has 1 aliphatic heterocycles. The molecular formula is C32H44N2O7S. The van der Waals surface area contributed by atoms with Crippen molar-refractivity contribution < 1.29 is 32.6 Å². The van der Waals surface area contributed by atoms with Gasteiger partial charge in [0.25, 0.3) is 5.91 Å². The fourth-order valence-corrected chi connectivity index (χ4v) is 6.66. The zero-order chi connectivity index (χ0) is 30.3. The lowest BCUT2D eigenvalue weighted by molar-refractivity contribution is -0.139. The van der Waals surface area contributed by atoms with E-state index in [1.807, 2.05) is 43.3 Å². The Labute approximate surface area is 249 Å². The average Bonchev–Trinajstić information content (AvgIpc) is 3.35. The lowest BCUT2D eigenvalue weighted by Gasteiger charge is -2.28. The number of carboxylic acid groups (broad SMARTS) is 1. The van der Waals surface area contributed by atoms with Gasteiger partial charge in [-0.3, -0.25) is 9.69 Å². The standard InChI is InChI=1S/C32H44N2O7S/c1-22-9-7-8-12-27(22)29-17-23(13-14-28(29)31(35)33-30(32(36)37)15-16-42(3,38)39)19-34-20-26(40-2)18-24(34)21-41-25-10-5-4-6-11-25/h7-9,12-14,17,24-26,30H,4-6,10-11,15-16,18-21H2,1-3H3,(H,33,35)(H,36,37)/t24-,26-,30?/m0/s1. The van der Waals surface area contributed by atoms with Crippen LogP contribution in [0.1, 0.15) is 66.4 Å². The largest absolute Gasteiger partial charge is 0.480 e. The Hall–Kier alpha value is -2.79. The van der Waals surface area contributed by atoms with Gasteiger partial charge in [-0.15, -0.1) is 0 Å². The first-order chi connectivity index (χ1) is 20.0. The number of sulfone groups is 1. The first-order valence-electron chi connectivity index (χ1n) is 14.8. The van der Waals surface area contributed by atoms with Gasteiger partial charge in [0, 0.05) is 38.1 Å². The highest BCUT2D eigenvalue weighted by Gasteiger charge is 2.33. The third-order valence-electron chi connectivity index (χ3n) is 8.43. The lowest BCUT2D eigenvalue weighted by atomic mass is 9.93. The number of amides is 1. The number of likely N-dealkylation sites (tertiary alicyclic amines) is 1. The molecule has 0 aromatic heterocycles. The molecule has 2 aromatic rings. The van der Waals surface area contributed by atoms with Gasteiger partial charge in [0.1, 0.15) is 15.9 Å². The van der Waals surface area contributed by atoms with Crippen molar-refractivity contribution in [2.45, 2.75) is 82.7 Å². The zero-order valence-corrected chi connectivity index (χ0v) is 25.7. The van der Waals surface area contributed by atoms with Crippen LogP contribution >= 0.6 is 0 Å². The second-order valence-electron chi connectivity index (χ2n) is 11.7. The van der Waals surface area contributed by atoms with Crippen LogP contribution < -0.4 is 5.32 Å². The minimum absolute atomic E-state index is 0.130. The van der Waals surface area contributed by atoms with Crippen LogP contribution in [0.2, 0.25) is 0 Å².